The van der Waals surface area contributed by atoms with Gasteiger partial charge in [-0.1, -0.05) is 29.4 Å². The van der Waals surface area contributed by atoms with Gasteiger partial charge in [0.2, 0.25) is 5.82 Å². The fraction of sp³-hybridized carbons (Fsp3) is 0.312. The number of carbonyl (C=O) groups excluding carboxylic acids is 1. The summed E-state index contributed by atoms with van der Waals surface area (Å²) < 4.78 is 46.5. The molecule has 2 rings (SSSR count). The van der Waals surface area contributed by atoms with Crippen molar-refractivity contribution < 1.29 is 27.2 Å². The van der Waals surface area contributed by atoms with E-state index in [1.165, 1.54) is 6.20 Å². The first-order chi connectivity index (χ1) is 12.2. The summed E-state index contributed by atoms with van der Waals surface area (Å²) in [6, 6.07) is 6.45. The lowest BCUT2D eigenvalue weighted by Crippen LogP contribution is -2.21. The zero-order valence-corrected chi connectivity index (χ0v) is 14.0. The van der Waals surface area contributed by atoms with Gasteiger partial charge in [0.15, 0.2) is 0 Å². The number of rotatable bonds is 6. The molecule has 0 atom stereocenters. The molecule has 0 unspecified atom stereocenters. The molecule has 0 radical (unpaired) electrons. The number of halogens is 3. The Kier molecular flexibility index (Phi) is 5.86. The summed E-state index contributed by atoms with van der Waals surface area (Å²) in [5.41, 5.74) is 6.68. The molecule has 0 aliphatic heterocycles. The number of nitrogens with two attached hydrogens (primary N) is 1. The summed E-state index contributed by atoms with van der Waals surface area (Å²) in [5, 5.41) is 6.16. The first kappa shape index (κ1) is 19.3. The van der Waals surface area contributed by atoms with Crippen molar-refractivity contribution in [2.45, 2.75) is 32.7 Å². The van der Waals surface area contributed by atoms with Crippen LogP contribution in [0.15, 0.2) is 40.7 Å². The highest BCUT2D eigenvalue weighted by atomic mass is 19.4. The molecular weight excluding hydrogens is 353 g/mol. The second-order valence-corrected chi connectivity index (χ2v) is 5.55. The minimum Gasteiger partial charge on any atom is -0.458 e. The van der Waals surface area contributed by atoms with Crippen molar-refractivity contribution in [3.63, 3.8) is 0 Å². The van der Waals surface area contributed by atoms with Crippen LogP contribution in [0.5, 0.6) is 0 Å². The van der Waals surface area contributed by atoms with Gasteiger partial charge >= 0.3 is 18.0 Å². The topological polar surface area (TPSA) is 103 Å². The highest BCUT2D eigenvalue weighted by Gasteiger charge is 2.38. The smallest absolute Gasteiger partial charge is 0.458 e. The third kappa shape index (κ3) is 5.23. The lowest BCUT2D eigenvalue weighted by Gasteiger charge is -2.08. The molecule has 26 heavy (non-hydrogen) atoms. The van der Waals surface area contributed by atoms with E-state index in [4.69, 9.17) is 10.5 Å². The van der Waals surface area contributed by atoms with E-state index < -0.39 is 18.0 Å². The number of nitrogens with zero attached hydrogens (tertiary/aromatic N) is 2. The van der Waals surface area contributed by atoms with E-state index in [-0.39, 0.29) is 17.6 Å². The first-order valence-corrected chi connectivity index (χ1v) is 7.57. The van der Waals surface area contributed by atoms with Crippen molar-refractivity contribution in [3.05, 3.63) is 47.6 Å². The molecule has 1 aromatic carbocycles. The number of nitrogens with one attached hydrogen (secondary N) is 1. The quantitative estimate of drug-likeness (QED) is 0.595. The van der Waals surface area contributed by atoms with Crippen LogP contribution >= 0.6 is 0 Å². The molecule has 10 heteroatoms. The second kappa shape index (κ2) is 7.89. The minimum atomic E-state index is -4.68. The van der Waals surface area contributed by atoms with Crippen LogP contribution in [0.25, 0.3) is 11.4 Å². The molecule has 3 N–H and O–H groups in total. The van der Waals surface area contributed by atoms with Crippen LogP contribution < -0.4 is 11.1 Å². The number of aromatic nitrogens is 2. The van der Waals surface area contributed by atoms with Gasteiger partial charge in [-0.2, -0.15) is 18.2 Å². The van der Waals surface area contributed by atoms with E-state index in [1.807, 2.05) is 0 Å². The summed E-state index contributed by atoms with van der Waals surface area (Å²) in [6.07, 6.45) is -3.63. The molecule has 0 saturated heterocycles. The number of hydrogen-bond acceptors (Lipinski definition) is 7. The average Bonchev–Trinajstić information content (AvgIpc) is 3.05. The fourth-order valence-corrected chi connectivity index (χ4v) is 1.85. The van der Waals surface area contributed by atoms with Crippen LogP contribution in [0, 0.1) is 0 Å². The highest BCUT2D eigenvalue weighted by Crippen LogP contribution is 2.29. The van der Waals surface area contributed by atoms with Crippen LogP contribution in [0.2, 0.25) is 0 Å². The van der Waals surface area contributed by atoms with Crippen molar-refractivity contribution in [2.24, 2.45) is 5.73 Å². The molecule has 140 valence electrons. The average molecular weight is 370 g/mol. The zero-order valence-electron chi connectivity index (χ0n) is 14.0. The maximum atomic E-state index is 12.5. The molecule has 0 aliphatic rings. The van der Waals surface area contributed by atoms with Crippen molar-refractivity contribution in [2.75, 3.05) is 0 Å². The monoisotopic (exact) mass is 370 g/mol. The normalized spacial score (nSPS) is 12.3. The minimum absolute atomic E-state index is 0.0678. The van der Waals surface area contributed by atoms with Gasteiger partial charge < -0.3 is 20.3 Å². The van der Waals surface area contributed by atoms with Crippen LogP contribution in [0.4, 0.5) is 13.2 Å². The molecule has 2 aromatic rings. The van der Waals surface area contributed by atoms with E-state index in [2.05, 4.69) is 20.0 Å². The van der Waals surface area contributed by atoms with Crippen molar-refractivity contribution in [1.29, 1.82) is 0 Å². The van der Waals surface area contributed by atoms with Gasteiger partial charge in [-0.05, 0) is 19.4 Å². The molecule has 0 bridgehead atoms. The summed E-state index contributed by atoms with van der Waals surface area (Å²) in [5.74, 6) is -2.18. The lowest BCUT2D eigenvalue weighted by atomic mass is 10.1. The number of carbonyl (C=O) groups is 1. The molecule has 0 amide bonds. The largest absolute Gasteiger partial charge is 0.471 e. The van der Waals surface area contributed by atoms with Crippen molar-refractivity contribution in [1.82, 2.24) is 15.5 Å². The fourth-order valence-electron chi connectivity index (χ4n) is 1.85. The number of hydrogen-bond donors (Lipinski definition) is 2. The summed E-state index contributed by atoms with van der Waals surface area (Å²) in [6.45, 7) is 3.76. The van der Waals surface area contributed by atoms with Gasteiger partial charge in [0.25, 0.3) is 0 Å². The van der Waals surface area contributed by atoms with Gasteiger partial charge in [0, 0.05) is 18.3 Å². The highest BCUT2D eigenvalue weighted by molar-refractivity contribution is 5.87. The molecule has 0 saturated carbocycles. The van der Waals surface area contributed by atoms with Gasteiger partial charge in [-0.15, -0.1) is 0 Å². The Morgan fingerprint density at radius 3 is 2.54 bits per heavy atom. The van der Waals surface area contributed by atoms with Crippen molar-refractivity contribution >= 4 is 5.97 Å². The Bertz CT molecular complexity index is 783. The van der Waals surface area contributed by atoms with E-state index in [1.54, 1.807) is 38.1 Å². The van der Waals surface area contributed by atoms with Gasteiger partial charge in [-0.3, -0.25) is 0 Å². The Balaban J connectivity index is 1.95. The number of benzene rings is 1. The summed E-state index contributed by atoms with van der Waals surface area (Å²) >= 11 is 0. The van der Waals surface area contributed by atoms with Crippen LogP contribution in [0.3, 0.4) is 0 Å². The Morgan fingerprint density at radius 2 is 2.00 bits per heavy atom. The lowest BCUT2D eigenvalue weighted by molar-refractivity contribution is -0.159. The van der Waals surface area contributed by atoms with Gasteiger partial charge in [-0.25, -0.2) is 4.79 Å². The van der Waals surface area contributed by atoms with E-state index in [0.717, 1.165) is 5.56 Å². The Labute approximate surface area is 147 Å². The van der Waals surface area contributed by atoms with E-state index in [0.29, 0.717) is 12.1 Å². The molecule has 1 heterocycles. The van der Waals surface area contributed by atoms with E-state index >= 15 is 0 Å². The first-order valence-electron chi connectivity index (χ1n) is 7.57. The van der Waals surface area contributed by atoms with Gasteiger partial charge in [0.05, 0.1) is 6.10 Å². The third-order valence-corrected chi connectivity index (χ3v) is 3.02. The van der Waals surface area contributed by atoms with Crippen LogP contribution in [-0.2, 0) is 22.3 Å². The maximum absolute atomic E-state index is 12.5. The summed E-state index contributed by atoms with van der Waals surface area (Å²) in [7, 11) is 0. The second-order valence-electron chi connectivity index (χ2n) is 5.55. The standard InChI is InChI=1S/C16H17F3N4O3/c1-9(2)25-14(24)12(20)8-21-7-10-3-5-11(6-4-10)13-22-15(26-23-13)16(17,18)19/h3-6,8-9,21H,7,20H2,1-2H3/b12-8-. The van der Waals surface area contributed by atoms with Crippen molar-refractivity contribution in [3.8, 4) is 11.4 Å². The van der Waals surface area contributed by atoms with Crippen LogP contribution in [0.1, 0.15) is 25.3 Å². The zero-order chi connectivity index (χ0) is 19.3. The molecule has 0 aliphatic carbocycles. The van der Waals surface area contributed by atoms with Gasteiger partial charge in [0.1, 0.15) is 5.70 Å². The Hall–Kier alpha value is -3.04. The molecule has 0 fully saturated rings. The number of alkyl halides is 3. The predicted octanol–water partition coefficient (Wildman–Crippen LogP) is 2.60. The third-order valence-electron chi connectivity index (χ3n) is 3.02. The Morgan fingerprint density at radius 1 is 1.35 bits per heavy atom. The van der Waals surface area contributed by atoms with Crippen LogP contribution in [-0.4, -0.2) is 22.2 Å². The number of esters is 1. The molecular formula is C16H17F3N4O3. The molecule has 0 spiro atoms. The van der Waals surface area contributed by atoms with E-state index in [9.17, 15) is 18.0 Å². The summed E-state index contributed by atoms with van der Waals surface area (Å²) in [4.78, 5) is 14.8. The maximum Gasteiger partial charge on any atom is 0.471 e. The SMILES string of the molecule is CC(C)OC(=O)/C(N)=C/NCc1ccc(-c2noc(C(F)(F)F)n2)cc1. The number of ether oxygens (including phenoxy) is 1. The molecule has 1 aromatic heterocycles. The molecule has 7 nitrogen and oxygen atoms in total. The predicted molar refractivity (Wildman–Crippen MR) is 85.1 cm³/mol.